The van der Waals surface area contributed by atoms with Gasteiger partial charge in [0.15, 0.2) is 11.6 Å². The van der Waals surface area contributed by atoms with E-state index in [1.807, 2.05) is 36.4 Å². The van der Waals surface area contributed by atoms with Gasteiger partial charge >= 0.3 is 0 Å². The molecule has 0 saturated carbocycles. The minimum atomic E-state index is -0.730. The second kappa shape index (κ2) is 9.19. The summed E-state index contributed by atoms with van der Waals surface area (Å²) < 4.78 is 0. The van der Waals surface area contributed by atoms with Gasteiger partial charge in [-0.15, -0.1) is 0 Å². The maximum atomic E-state index is 12.6. The molecular formula is C19H23N3O3. The highest BCUT2D eigenvalue weighted by Gasteiger charge is 2.18. The summed E-state index contributed by atoms with van der Waals surface area (Å²) in [6.45, 7) is -0.234. The zero-order valence-electron chi connectivity index (χ0n) is 13.9. The zero-order chi connectivity index (χ0) is 18.2. The molecule has 132 valence electrons. The van der Waals surface area contributed by atoms with Crippen LogP contribution in [0.1, 0.15) is 21.5 Å². The third-order valence-electron chi connectivity index (χ3n) is 3.94. The largest absolute Gasteiger partial charge is 0.321 e. The Hall–Kier alpha value is -2.38. The van der Waals surface area contributed by atoms with Gasteiger partial charge < -0.3 is 11.5 Å². The van der Waals surface area contributed by atoms with Crippen LogP contribution < -0.4 is 17.4 Å². The van der Waals surface area contributed by atoms with E-state index < -0.39 is 12.1 Å². The average molecular weight is 341 g/mol. The predicted molar refractivity (Wildman–Crippen MR) is 95.7 cm³/mol. The first kappa shape index (κ1) is 19.0. The van der Waals surface area contributed by atoms with Crippen molar-refractivity contribution in [3.05, 3.63) is 71.3 Å². The van der Waals surface area contributed by atoms with Crippen LogP contribution >= 0.6 is 0 Å². The molecule has 0 unspecified atom stereocenters. The van der Waals surface area contributed by atoms with Crippen LogP contribution in [0.15, 0.2) is 54.6 Å². The number of nitrogens with two attached hydrogens (primary N) is 3. The van der Waals surface area contributed by atoms with Crippen LogP contribution in [0.4, 0.5) is 0 Å². The molecule has 0 aromatic heterocycles. The molecule has 2 aromatic carbocycles. The molecule has 2 aromatic rings. The molecule has 2 atom stereocenters. The Balaban J connectivity index is 2.04. The first-order valence-electron chi connectivity index (χ1n) is 8.04. The highest BCUT2D eigenvalue weighted by atomic mass is 16.6. The Kier molecular flexibility index (Phi) is 6.97. The van der Waals surface area contributed by atoms with E-state index in [1.165, 1.54) is 0 Å². The number of rotatable bonds is 9. The van der Waals surface area contributed by atoms with Gasteiger partial charge in [0.25, 0.3) is 0 Å². The summed E-state index contributed by atoms with van der Waals surface area (Å²) >= 11 is 0. The summed E-state index contributed by atoms with van der Waals surface area (Å²) in [6, 6.07) is 15.3. The second-order valence-electron chi connectivity index (χ2n) is 5.95. The molecule has 0 fully saturated rings. The van der Waals surface area contributed by atoms with E-state index in [4.69, 9.17) is 17.4 Å². The van der Waals surface area contributed by atoms with E-state index in [2.05, 4.69) is 4.84 Å². The molecular weight excluding hydrogens is 318 g/mol. The highest BCUT2D eigenvalue weighted by Crippen LogP contribution is 2.12. The van der Waals surface area contributed by atoms with Crippen LogP contribution in [0, 0.1) is 0 Å². The van der Waals surface area contributed by atoms with Gasteiger partial charge in [0.1, 0.15) is 6.61 Å². The van der Waals surface area contributed by atoms with Crippen molar-refractivity contribution in [1.29, 1.82) is 0 Å². The van der Waals surface area contributed by atoms with Gasteiger partial charge in [-0.25, -0.2) is 5.90 Å². The number of carbonyl (C=O) groups excluding carboxylic acids is 2. The number of hydrogen-bond acceptors (Lipinski definition) is 6. The van der Waals surface area contributed by atoms with Gasteiger partial charge in [-0.1, -0.05) is 48.5 Å². The van der Waals surface area contributed by atoms with Crippen molar-refractivity contribution >= 4 is 11.6 Å². The molecule has 0 aliphatic rings. The predicted octanol–water partition coefficient (Wildman–Crippen LogP) is 0.769. The van der Waals surface area contributed by atoms with E-state index >= 15 is 0 Å². The Morgan fingerprint density at radius 3 is 2.20 bits per heavy atom. The lowest BCUT2D eigenvalue weighted by molar-refractivity contribution is -0.124. The fraction of sp³-hybridized carbons (Fsp3) is 0.263. The molecule has 25 heavy (non-hydrogen) atoms. The number of ketones is 2. The molecule has 6 nitrogen and oxygen atoms in total. The molecule has 0 bridgehead atoms. The first-order valence-corrected chi connectivity index (χ1v) is 8.04. The summed E-state index contributed by atoms with van der Waals surface area (Å²) in [4.78, 5) is 28.5. The molecule has 0 heterocycles. The van der Waals surface area contributed by atoms with Crippen LogP contribution in [-0.4, -0.2) is 30.3 Å². The maximum Gasteiger partial charge on any atom is 0.179 e. The van der Waals surface area contributed by atoms with Crippen molar-refractivity contribution in [3.63, 3.8) is 0 Å². The summed E-state index contributed by atoms with van der Waals surface area (Å²) in [5, 5.41) is 0. The maximum absolute atomic E-state index is 12.6. The number of benzene rings is 2. The van der Waals surface area contributed by atoms with Gasteiger partial charge in [0.2, 0.25) is 0 Å². The van der Waals surface area contributed by atoms with Crippen molar-refractivity contribution in [3.8, 4) is 0 Å². The fourth-order valence-electron chi connectivity index (χ4n) is 2.58. The van der Waals surface area contributed by atoms with Crippen molar-refractivity contribution in [2.75, 3.05) is 6.61 Å². The standard InChI is InChI=1S/C19H23N3O3/c20-16(18(23)12-25-22)11-14-7-4-8-15(9-14)19(24)17(21)10-13-5-2-1-3-6-13/h1-9,16-17H,10-12,20-22H2/t16-,17-/m0/s1. The van der Waals surface area contributed by atoms with Crippen LogP contribution in [0.25, 0.3) is 0 Å². The van der Waals surface area contributed by atoms with E-state index in [0.717, 1.165) is 11.1 Å². The van der Waals surface area contributed by atoms with Crippen molar-refractivity contribution in [2.24, 2.45) is 17.4 Å². The zero-order valence-corrected chi connectivity index (χ0v) is 13.9. The van der Waals surface area contributed by atoms with Crippen LogP contribution in [0.5, 0.6) is 0 Å². The van der Waals surface area contributed by atoms with Crippen LogP contribution in [0.2, 0.25) is 0 Å². The van der Waals surface area contributed by atoms with E-state index in [9.17, 15) is 9.59 Å². The van der Waals surface area contributed by atoms with Crippen molar-refractivity contribution in [2.45, 2.75) is 24.9 Å². The molecule has 0 radical (unpaired) electrons. The molecule has 0 saturated heterocycles. The average Bonchev–Trinajstić information content (AvgIpc) is 2.62. The summed E-state index contributed by atoms with van der Waals surface area (Å²) in [7, 11) is 0. The van der Waals surface area contributed by atoms with E-state index in [0.29, 0.717) is 18.4 Å². The van der Waals surface area contributed by atoms with Gasteiger partial charge in [-0.2, -0.15) is 0 Å². The molecule has 0 aliphatic carbocycles. The third-order valence-corrected chi connectivity index (χ3v) is 3.94. The van der Waals surface area contributed by atoms with Gasteiger partial charge in [0.05, 0.1) is 12.1 Å². The molecule has 6 N–H and O–H groups in total. The molecule has 2 rings (SSSR count). The molecule has 0 amide bonds. The number of hydrogen-bond donors (Lipinski definition) is 3. The summed E-state index contributed by atoms with van der Waals surface area (Å²) in [5.41, 5.74) is 14.2. The Morgan fingerprint density at radius 1 is 0.880 bits per heavy atom. The highest BCUT2D eigenvalue weighted by molar-refractivity contribution is 6.00. The minimum absolute atomic E-state index is 0.143. The summed E-state index contributed by atoms with van der Waals surface area (Å²) in [5.74, 6) is 4.45. The quantitative estimate of drug-likeness (QED) is 0.457. The topological polar surface area (TPSA) is 121 Å². The Labute approximate surface area is 146 Å². The minimum Gasteiger partial charge on any atom is -0.321 e. The molecule has 0 aliphatic heterocycles. The summed E-state index contributed by atoms with van der Waals surface area (Å²) in [6.07, 6.45) is 0.771. The van der Waals surface area contributed by atoms with Gasteiger partial charge in [-0.05, 0) is 30.0 Å². The lowest BCUT2D eigenvalue weighted by Gasteiger charge is -2.13. The molecule has 6 heteroatoms. The third kappa shape index (κ3) is 5.58. The lowest BCUT2D eigenvalue weighted by atomic mass is 9.95. The Bertz CT molecular complexity index is 719. The SMILES string of the molecule is NOCC(=O)[C@@H](N)Cc1cccc(C(=O)[C@@H](N)Cc2ccccc2)c1. The van der Waals surface area contributed by atoms with Gasteiger partial charge in [0, 0.05) is 5.56 Å². The van der Waals surface area contributed by atoms with Gasteiger partial charge in [-0.3, -0.25) is 14.4 Å². The number of carbonyl (C=O) groups is 2. The Morgan fingerprint density at radius 2 is 1.52 bits per heavy atom. The first-order chi connectivity index (χ1) is 12.0. The van der Waals surface area contributed by atoms with Crippen molar-refractivity contribution in [1.82, 2.24) is 0 Å². The monoisotopic (exact) mass is 341 g/mol. The second-order valence-corrected chi connectivity index (χ2v) is 5.95. The number of Topliss-reactive ketones (excluding diaryl/α,β-unsaturated/α-hetero) is 2. The smallest absolute Gasteiger partial charge is 0.179 e. The van der Waals surface area contributed by atoms with Crippen molar-refractivity contribution < 1.29 is 14.4 Å². The normalized spacial score (nSPS) is 13.2. The molecule has 0 spiro atoms. The lowest BCUT2D eigenvalue weighted by Crippen LogP contribution is -2.36. The fourth-order valence-corrected chi connectivity index (χ4v) is 2.58. The van der Waals surface area contributed by atoms with E-state index in [1.54, 1.807) is 18.2 Å². The van der Waals surface area contributed by atoms with E-state index in [-0.39, 0.29) is 18.2 Å². The van der Waals surface area contributed by atoms with Crippen LogP contribution in [0.3, 0.4) is 0 Å². The van der Waals surface area contributed by atoms with Crippen LogP contribution in [-0.2, 0) is 22.5 Å².